The van der Waals surface area contributed by atoms with Gasteiger partial charge in [-0.25, -0.2) is 0 Å². The van der Waals surface area contributed by atoms with Gasteiger partial charge in [0.05, 0.1) is 22.3 Å². The Morgan fingerprint density at radius 1 is 0.795 bits per heavy atom. The molecule has 0 saturated carbocycles. The number of anilines is 4. The molecule has 0 unspecified atom stereocenters. The molecule has 4 rings (SSSR count). The Morgan fingerprint density at radius 2 is 1.46 bits per heavy atom. The SMILES string of the molecule is CCCOc1ccc(C(=O)NC(=S)Nc2ccccc2C(=O)Nc2ccc(Nc3ccccc3)cc2)cc1Br. The highest BCUT2D eigenvalue weighted by Crippen LogP contribution is 2.26. The smallest absolute Gasteiger partial charge is 0.257 e. The van der Waals surface area contributed by atoms with Crippen LogP contribution in [0.25, 0.3) is 0 Å². The van der Waals surface area contributed by atoms with Gasteiger partial charge in [0, 0.05) is 22.6 Å². The Bertz CT molecular complexity index is 1460. The predicted molar refractivity (Wildman–Crippen MR) is 164 cm³/mol. The van der Waals surface area contributed by atoms with Crippen LogP contribution in [0.5, 0.6) is 5.75 Å². The first kappa shape index (κ1) is 27.8. The molecule has 4 aromatic carbocycles. The van der Waals surface area contributed by atoms with Crippen molar-refractivity contribution < 1.29 is 14.3 Å². The van der Waals surface area contributed by atoms with Gasteiger partial charge in [-0.05, 0) is 101 Å². The van der Waals surface area contributed by atoms with Crippen LogP contribution in [-0.2, 0) is 0 Å². The minimum atomic E-state index is -0.388. The lowest BCUT2D eigenvalue weighted by Crippen LogP contribution is -2.34. The van der Waals surface area contributed by atoms with Crippen LogP contribution < -0.4 is 26.0 Å². The molecule has 4 N–H and O–H groups in total. The minimum Gasteiger partial charge on any atom is -0.492 e. The van der Waals surface area contributed by atoms with Crippen molar-refractivity contribution >= 4 is 67.8 Å². The summed E-state index contributed by atoms with van der Waals surface area (Å²) in [5.74, 6) is -0.0416. The third kappa shape index (κ3) is 7.89. The first-order valence-corrected chi connectivity index (χ1v) is 13.5. The molecule has 0 fully saturated rings. The maximum atomic E-state index is 13.1. The van der Waals surface area contributed by atoms with E-state index >= 15 is 0 Å². The van der Waals surface area contributed by atoms with E-state index in [1.54, 1.807) is 42.5 Å². The molecule has 7 nitrogen and oxygen atoms in total. The van der Waals surface area contributed by atoms with E-state index < -0.39 is 0 Å². The molecule has 0 atom stereocenters. The van der Waals surface area contributed by atoms with Crippen LogP contribution >= 0.6 is 28.1 Å². The third-order valence-corrected chi connectivity index (χ3v) is 6.33. The van der Waals surface area contributed by atoms with Gasteiger partial charge in [-0.1, -0.05) is 37.3 Å². The zero-order chi connectivity index (χ0) is 27.6. The van der Waals surface area contributed by atoms with Gasteiger partial charge >= 0.3 is 0 Å². The van der Waals surface area contributed by atoms with Crippen molar-refractivity contribution in [1.82, 2.24) is 5.32 Å². The molecule has 0 aliphatic heterocycles. The standard InChI is InChI=1S/C30H27BrN4O3S/c1-2-18-38-27-17-12-20(19-25(27)31)28(36)35-30(39)34-26-11-7-6-10-24(26)29(37)33-23-15-13-22(14-16-23)32-21-8-4-3-5-9-21/h3-17,19,32H,2,18H2,1H3,(H,33,37)(H2,34,35,36,39). The Hall–Kier alpha value is -4.21. The van der Waals surface area contributed by atoms with E-state index in [2.05, 4.69) is 37.2 Å². The largest absolute Gasteiger partial charge is 0.492 e. The summed E-state index contributed by atoms with van der Waals surface area (Å²) in [6.07, 6.45) is 0.882. The Balaban J connectivity index is 1.37. The number of amides is 2. The van der Waals surface area contributed by atoms with Crippen LogP contribution in [0, 0.1) is 0 Å². The summed E-state index contributed by atoms with van der Waals surface area (Å²) in [6.45, 7) is 2.61. The normalized spacial score (nSPS) is 10.3. The summed E-state index contributed by atoms with van der Waals surface area (Å²) in [5, 5.41) is 11.9. The first-order chi connectivity index (χ1) is 18.9. The lowest BCUT2D eigenvalue weighted by Gasteiger charge is -2.14. The molecule has 2 amide bonds. The van der Waals surface area contributed by atoms with Gasteiger partial charge in [0.15, 0.2) is 5.11 Å². The van der Waals surface area contributed by atoms with E-state index in [0.717, 1.165) is 17.8 Å². The van der Waals surface area contributed by atoms with Crippen molar-refractivity contribution in [2.75, 3.05) is 22.6 Å². The van der Waals surface area contributed by atoms with Crippen LogP contribution in [-0.4, -0.2) is 23.5 Å². The summed E-state index contributed by atoms with van der Waals surface area (Å²) in [6, 6.07) is 29.2. The fourth-order valence-electron chi connectivity index (χ4n) is 3.61. The Labute approximate surface area is 241 Å². The number of carbonyl (C=O) groups excluding carboxylic acids is 2. The number of hydrogen-bond donors (Lipinski definition) is 4. The van der Waals surface area contributed by atoms with Crippen molar-refractivity contribution in [3.8, 4) is 5.75 Å². The molecular weight excluding hydrogens is 576 g/mol. The summed E-state index contributed by atoms with van der Waals surface area (Å²) >= 11 is 8.79. The van der Waals surface area contributed by atoms with Gasteiger partial charge < -0.3 is 20.7 Å². The van der Waals surface area contributed by atoms with Gasteiger partial charge in [0.25, 0.3) is 11.8 Å². The molecule has 9 heteroatoms. The monoisotopic (exact) mass is 602 g/mol. The second-order valence-electron chi connectivity index (χ2n) is 8.47. The quantitative estimate of drug-likeness (QED) is 0.150. The highest BCUT2D eigenvalue weighted by atomic mass is 79.9. The van der Waals surface area contributed by atoms with Gasteiger partial charge in [0.1, 0.15) is 5.75 Å². The van der Waals surface area contributed by atoms with Crippen molar-refractivity contribution in [2.45, 2.75) is 13.3 Å². The number of halogens is 1. The number of rotatable bonds is 9. The average Bonchev–Trinajstić information content (AvgIpc) is 2.94. The maximum Gasteiger partial charge on any atom is 0.257 e. The molecule has 0 heterocycles. The van der Waals surface area contributed by atoms with Gasteiger partial charge in [-0.3, -0.25) is 14.9 Å². The molecule has 0 bridgehead atoms. The topological polar surface area (TPSA) is 91.5 Å². The fourth-order valence-corrected chi connectivity index (χ4v) is 4.31. The summed E-state index contributed by atoms with van der Waals surface area (Å²) in [5.41, 5.74) is 3.76. The van der Waals surface area contributed by atoms with Crippen LogP contribution in [0.3, 0.4) is 0 Å². The number of carbonyl (C=O) groups is 2. The molecule has 0 radical (unpaired) electrons. The van der Waals surface area contributed by atoms with E-state index in [0.29, 0.717) is 39.3 Å². The number of thiocarbonyl (C=S) groups is 1. The van der Waals surface area contributed by atoms with Crippen molar-refractivity contribution in [1.29, 1.82) is 0 Å². The van der Waals surface area contributed by atoms with Gasteiger partial charge in [0.2, 0.25) is 0 Å². The number of benzene rings is 4. The summed E-state index contributed by atoms with van der Waals surface area (Å²) in [4.78, 5) is 25.8. The predicted octanol–water partition coefficient (Wildman–Crippen LogP) is 7.36. The molecule has 0 aliphatic rings. The molecule has 0 aliphatic carbocycles. The minimum absolute atomic E-state index is 0.0685. The van der Waals surface area contributed by atoms with Crippen LogP contribution in [0.1, 0.15) is 34.1 Å². The highest BCUT2D eigenvalue weighted by Gasteiger charge is 2.15. The maximum absolute atomic E-state index is 13.1. The van der Waals surface area contributed by atoms with Crippen molar-refractivity contribution in [3.05, 3.63) is 113 Å². The third-order valence-electron chi connectivity index (χ3n) is 5.51. The Kier molecular flexibility index (Phi) is 9.66. The van der Waals surface area contributed by atoms with Crippen LogP contribution in [0.2, 0.25) is 0 Å². The van der Waals surface area contributed by atoms with E-state index in [1.165, 1.54) is 0 Å². The number of nitrogens with one attached hydrogen (secondary N) is 4. The molecule has 0 saturated heterocycles. The summed E-state index contributed by atoms with van der Waals surface area (Å²) < 4.78 is 6.31. The molecular formula is C30H27BrN4O3S. The molecule has 0 spiro atoms. The number of hydrogen-bond acceptors (Lipinski definition) is 5. The average molecular weight is 604 g/mol. The second-order valence-corrected chi connectivity index (χ2v) is 9.73. The Morgan fingerprint density at radius 3 is 2.18 bits per heavy atom. The zero-order valence-electron chi connectivity index (χ0n) is 21.2. The van der Waals surface area contributed by atoms with Crippen molar-refractivity contribution in [3.63, 3.8) is 0 Å². The van der Waals surface area contributed by atoms with Crippen LogP contribution in [0.4, 0.5) is 22.7 Å². The fraction of sp³-hybridized carbons (Fsp3) is 0.100. The van der Waals surface area contributed by atoms with Gasteiger partial charge in [-0.15, -0.1) is 0 Å². The number of ether oxygens (including phenoxy) is 1. The van der Waals surface area contributed by atoms with Gasteiger partial charge in [-0.2, -0.15) is 0 Å². The number of para-hydroxylation sites is 2. The highest BCUT2D eigenvalue weighted by molar-refractivity contribution is 9.10. The molecule has 4 aromatic rings. The molecule has 198 valence electrons. The summed E-state index contributed by atoms with van der Waals surface area (Å²) in [7, 11) is 0. The molecule has 0 aromatic heterocycles. The zero-order valence-corrected chi connectivity index (χ0v) is 23.6. The van der Waals surface area contributed by atoms with E-state index in [9.17, 15) is 9.59 Å². The van der Waals surface area contributed by atoms with Crippen molar-refractivity contribution in [2.24, 2.45) is 0 Å². The molecule has 39 heavy (non-hydrogen) atoms. The lowest BCUT2D eigenvalue weighted by atomic mass is 10.1. The second kappa shape index (κ2) is 13.5. The van der Waals surface area contributed by atoms with Crippen LogP contribution in [0.15, 0.2) is 102 Å². The van der Waals surface area contributed by atoms with E-state index in [4.69, 9.17) is 17.0 Å². The first-order valence-electron chi connectivity index (χ1n) is 12.3. The van der Waals surface area contributed by atoms with E-state index in [1.807, 2.05) is 61.5 Å². The van der Waals surface area contributed by atoms with E-state index in [-0.39, 0.29) is 16.9 Å². The lowest BCUT2D eigenvalue weighted by molar-refractivity contribution is 0.0976.